The van der Waals surface area contributed by atoms with Crippen LogP contribution in [-0.2, 0) is 0 Å². The third kappa shape index (κ3) is 3.52. The van der Waals surface area contributed by atoms with Gasteiger partial charge in [-0.15, -0.1) is 0 Å². The maximum absolute atomic E-state index is 14.0. The Bertz CT molecular complexity index is 496. The van der Waals surface area contributed by atoms with Gasteiger partial charge in [0, 0.05) is 38.3 Å². The first-order chi connectivity index (χ1) is 10.0. The fraction of sp³-hybridized carbons (Fsp3) is 0.462. The molecule has 116 valence electrons. The molecule has 0 radical (unpaired) electrons. The van der Waals surface area contributed by atoms with Gasteiger partial charge in [-0.3, -0.25) is 0 Å². The van der Waals surface area contributed by atoms with E-state index in [9.17, 15) is 13.6 Å². The number of halogens is 2. The second-order valence-electron chi connectivity index (χ2n) is 4.56. The lowest BCUT2D eigenvalue weighted by atomic mass is 10.2. The highest BCUT2D eigenvalue weighted by molar-refractivity contribution is 5.65. The van der Waals surface area contributed by atoms with Gasteiger partial charge in [0.05, 0.1) is 6.61 Å². The number of nitrogens with zero attached hydrogens (tertiary/aromatic N) is 2. The van der Waals surface area contributed by atoms with E-state index in [1.165, 1.54) is 9.80 Å². The Morgan fingerprint density at radius 1 is 1.19 bits per heavy atom. The smallest absolute Gasteiger partial charge is 0.407 e. The molecule has 0 spiro atoms. The summed E-state index contributed by atoms with van der Waals surface area (Å²) in [4.78, 5) is 13.5. The van der Waals surface area contributed by atoms with E-state index < -0.39 is 17.7 Å². The van der Waals surface area contributed by atoms with Gasteiger partial charge in [0.2, 0.25) is 0 Å². The maximum Gasteiger partial charge on any atom is 0.407 e. The largest absolute Gasteiger partial charge is 0.491 e. The van der Waals surface area contributed by atoms with Crippen LogP contribution in [0.25, 0.3) is 0 Å². The number of aliphatic hydroxyl groups excluding tert-OH is 1. The van der Waals surface area contributed by atoms with Crippen molar-refractivity contribution in [2.24, 2.45) is 0 Å². The van der Waals surface area contributed by atoms with Crippen LogP contribution in [0.2, 0.25) is 0 Å². The molecule has 21 heavy (non-hydrogen) atoms. The number of anilines is 1. The standard InChI is InChI=1S/C13H16F2N2O4/c14-10-7-9(21-6-5-18)8-11(15)12(10)16-1-3-17(4-2-16)13(19)20/h7-8,18H,1-6H2,(H,19,20). The van der Waals surface area contributed by atoms with Crippen molar-refractivity contribution in [3.63, 3.8) is 0 Å². The summed E-state index contributed by atoms with van der Waals surface area (Å²) in [7, 11) is 0. The molecule has 1 aromatic rings. The lowest BCUT2D eigenvalue weighted by Crippen LogP contribution is -2.48. The first-order valence-electron chi connectivity index (χ1n) is 6.48. The monoisotopic (exact) mass is 302 g/mol. The van der Waals surface area contributed by atoms with Crippen molar-refractivity contribution in [2.45, 2.75) is 0 Å². The number of amides is 1. The minimum atomic E-state index is -1.04. The molecule has 2 rings (SSSR count). The van der Waals surface area contributed by atoms with Crippen molar-refractivity contribution >= 4 is 11.8 Å². The predicted octanol–water partition coefficient (Wildman–Crippen LogP) is 1.14. The van der Waals surface area contributed by atoms with Crippen LogP contribution in [0.3, 0.4) is 0 Å². The van der Waals surface area contributed by atoms with E-state index in [0.717, 1.165) is 12.1 Å². The molecule has 2 N–H and O–H groups in total. The molecule has 1 amide bonds. The van der Waals surface area contributed by atoms with Crippen LogP contribution < -0.4 is 9.64 Å². The fourth-order valence-corrected chi connectivity index (χ4v) is 2.21. The Balaban J connectivity index is 2.12. The minimum Gasteiger partial charge on any atom is -0.491 e. The Labute approximate surface area is 120 Å². The Morgan fingerprint density at radius 2 is 1.76 bits per heavy atom. The quantitative estimate of drug-likeness (QED) is 0.872. The third-order valence-electron chi connectivity index (χ3n) is 3.22. The summed E-state index contributed by atoms with van der Waals surface area (Å²) in [6.07, 6.45) is -1.04. The number of rotatable bonds is 4. The second kappa shape index (κ2) is 6.57. The number of piperazine rings is 1. The predicted molar refractivity (Wildman–Crippen MR) is 70.7 cm³/mol. The molecule has 1 aliphatic heterocycles. The number of benzene rings is 1. The van der Waals surface area contributed by atoms with Crippen molar-refractivity contribution < 1.29 is 28.5 Å². The van der Waals surface area contributed by atoms with Crippen LogP contribution >= 0.6 is 0 Å². The number of hydrogen-bond acceptors (Lipinski definition) is 4. The van der Waals surface area contributed by atoms with Crippen LogP contribution in [0, 0.1) is 11.6 Å². The Morgan fingerprint density at radius 3 is 2.24 bits per heavy atom. The fourth-order valence-electron chi connectivity index (χ4n) is 2.21. The van der Waals surface area contributed by atoms with Gasteiger partial charge in [-0.25, -0.2) is 13.6 Å². The number of ether oxygens (including phenoxy) is 1. The van der Waals surface area contributed by atoms with E-state index in [0.29, 0.717) is 0 Å². The molecule has 0 bridgehead atoms. The SMILES string of the molecule is O=C(O)N1CCN(c2c(F)cc(OCCO)cc2F)CC1. The van der Waals surface area contributed by atoms with E-state index in [2.05, 4.69) is 0 Å². The van der Waals surface area contributed by atoms with Crippen LogP contribution in [0.5, 0.6) is 5.75 Å². The van der Waals surface area contributed by atoms with Crippen LogP contribution in [0.15, 0.2) is 12.1 Å². The average Bonchev–Trinajstić information content (AvgIpc) is 2.45. The van der Waals surface area contributed by atoms with Gasteiger partial charge in [0.1, 0.15) is 18.0 Å². The Kier molecular flexibility index (Phi) is 4.79. The maximum atomic E-state index is 14.0. The first kappa shape index (κ1) is 15.3. The molecule has 1 aliphatic rings. The van der Waals surface area contributed by atoms with Gasteiger partial charge in [-0.2, -0.15) is 0 Å². The summed E-state index contributed by atoms with van der Waals surface area (Å²) >= 11 is 0. The highest BCUT2D eigenvalue weighted by atomic mass is 19.1. The van der Waals surface area contributed by atoms with Gasteiger partial charge >= 0.3 is 6.09 Å². The highest BCUT2D eigenvalue weighted by Crippen LogP contribution is 2.29. The van der Waals surface area contributed by atoms with Gasteiger partial charge in [0.25, 0.3) is 0 Å². The highest BCUT2D eigenvalue weighted by Gasteiger charge is 2.25. The summed E-state index contributed by atoms with van der Waals surface area (Å²) in [5.41, 5.74) is -0.184. The van der Waals surface area contributed by atoms with Crippen molar-refractivity contribution in [2.75, 3.05) is 44.3 Å². The Hall–Kier alpha value is -2.09. The van der Waals surface area contributed by atoms with Crippen LogP contribution in [-0.4, -0.2) is 60.6 Å². The molecule has 1 aromatic carbocycles. The normalized spacial score (nSPS) is 15.2. The molecule has 6 nitrogen and oxygen atoms in total. The molecular weight excluding hydrogens is 286 g/mol. The van der Waals surface area contributed by atoms with Gasteiger partial charge in [-0.05, 0) is 0 Å². The van der Waals surface area contributed by atoms with Gasteiger partial charge < -0.3 is 24.7 Å². The summed E-state index contributed by atoms with van der Waals surface area (Å²) in [5.74, 6) is -1.54. The van der Waals surface area contributed by atoms with E-state index in [1.807, 2.05) is 0 Å². The number of aliphatic hydroxyl groups is 1. The second-order valence-corrected chi connectivity index (χ2v) is 4.56. The number of carboxylic acid groups (broad SMARTS) is 1. The lowest BCUT2D eigenvalue weighted by Gasteiger charge is -2.34. The molecule has 8 heteroatoms. The van der Waals surface area contributed by atoms with E-state index >= 15 is 0 Å². The summed E-state index contributed by atoms with van der Waals surface area (Å²) in [5, 5.41) is 17.5. The zero-order valence-corrected chi connectivity index (χ0v) is 11.3. The zero-order chi connectivity index (χ0) is 15.4. The molecule has 1 saturated heterocycles. The lowest BCUT2D eigenvalue weighted by molar-refractivity contribution is 0.142. The summed E-state index contributed by atoms with van der Waals surface area (Å²) < 4.78 is 33.0. The summed E-state index contributed by atoms with van der Waals surface area (Å²) in [6, 6.07) is 2.11. The molecule has 1 fully saturated rings. The van der Waals surface area contributed by atoms with E-state index in [-0.39, 0.29) is 50.8 Å². The van der Waals surface area contributed by atoms with Crippen molar-refractivity contribution in [1.29, 1.82) is 0 Å². The molecule has 0 saturated carbocycles. The molecule has 0 atom stereocenters. The topological polar surface area (TPSA) is 73.2 Å². The van der Waals surface area contributed by atoms with Crippen molar-refractivity contribution in [3.05, 3.63) is 23.8 Å². The first-order valence-corrected chi connectivity index (χ1v) is 6.48. The van der Waals surface area contributed by atoms with E-state index in [1.54, 1.807) is 0 Å². The van der Waals surface area contributed by atoms with Crippen LogP contribution in [0.4, 0.5) is 19.3 Å². The van der Waals surface area contributed by atoms with Crippen molar-refractivity contribution in [3.8, 4) is 5.75 Å². The van der Waals surface area contributed by atoms with Gasteiger partial charge in [0.15, 0.2) is 11.6 Å². The molecule has 0 aliphatic carbocycles. The average molecular weight is 302 g/mol. The van der Waals surface area contributed by atoms with Crippen LogP contribution in [0.1, 0.15) is 0 Å². The third-order valence-corrected chi connectivity index (χ3v) is 3.22. The minimum absolute atomic E-state index is 0.00646. The van der Waals surface area contributed by atoms with E-state index in [4.69, 9.17) is 14.9 Å². The molecular formula is C13H16F2N2O4. The number of hydrogen-bond donors (Lipinski definition) is 2. The number of carbonyl (C=O) groups is 1. The zero-order valence-electron chi connectivity index (χ0n) is 11.3. The summed E-state index contributed by atoms with van der Waals surface area (Å²) in [6.45, 7) is 0.527. The molecule has 1 heterocycles. The van der Waals surface area contributed by atoms with Gasteiger partial charge in [-0.1, -0.05) is 0 Å². The molecule has 0 unspecified atom stereocenters. The molecule has 0 aromatic heterocycles. The van der Waals surface area contributed by atoms with Crippen molar-refractivity contribution in [1.82, 2.24) is 4.90 Å².